The largest absolute Gasteiger partial charge is 0.395 e. The van der Waals surface area contributed by atoms with E-state index in [0.29, 0.717) is 6.54 Å². The van der Waals surface area contributed by atoms with Gasteiger partial charge in [-0.25, -0.2) is 17.9 Å². The van der Waals surface area contributed by atoms with Crippen molar-refractivity contribution >= 4 is 15.7 Å². The Bertz CT molecular complexity index is 588. The molecule has 1 aliphatic heterocycles. The van der Waals surface area contributed by atoms with Gasteiger partial charge in [0.15, 0.2) is 0 Å². The van der Waals surface area contributed by atoms with Crippen molar-refractivity contribution in [2.45, 2.75) is 23.8 Å². The third-order valence-electron chi connectivity index (χ3n) is 3.56. The summed E-state index contributed by atoms with van der Waals surface area (Å²) in [5.41, 5.74) is 0.269. The molecule has 6 nitrogen and oxygen atoms in total. The van der Waals surface area contributed by atoms with E-state index >= 15 is 0 Å². The molecule has 0 saturated carbocycles. The van der Waals surface area contributed by atoms with E-state index in [-0.39, 0.29) is 29.8 Å². The molecule has 1 atom stereocenters. The zero-order valence-electron chi connectivity index (χ0n) is 11.6. The van der Waals surface area contributed by atoms with Crippen molar-refractivity contribution < 1.29 is 17.9 Å². The zero-order chi connectivity index (χ0) is 15.5. The van der Waals surface area contributed by atoms with E-state index in [2.05, 4.69) is 5.32 Å². The average Bonchev–Trinajstić information content (AvgIpc) is 2.90. The first kappa shape index (κ1) is 16.2. The fraction of sp³-hybridized carbons (Fsp3) is 0.538. The Hall–Kier alpha value is -1.22. The highest BCUT2D eigenvalue weighted by Crippen LogP contribution is 2.23. The van der Waals surface area contributed by atoms with Gasteiger partial charge < -0.3 is 15.3 Å². The molecule has 1 unspecified atom stereocenters. The summed E-state index contributed by atoms with van der Waals surface area (Å²) in [6, 6.07) is 3.82. The number of aliphatic hydroxyl groups excluding tert-OH is 1. The first-order valence-corrected chi connectivity index (χ1v) is 8.38. The summed E-state index contributed by atoms with van der Waals surface area (Å²) in [4.78, 5) is 1.46. The van der Waals surface area contributed by atoms with Gasteiger partial charge in [-0.3, -0.25) is 0 Å². The maximum Gasteiger partial charge on any atom is 0.238 e. The fourth-order valence-corrected chi connectivity index (χ4v) is 3.06. The molecule has 0 aliphatic carbocycles. The molecule has 0 radical (unpaired) electrons. The Balaban J connectivity index is 2.23. The zero-order valence-corrected chi connectivity index (χ0v) is 12.4. The molecular weight excluding hydrogens is 297 g/mol. The van der Waals surface area contributed by atoms with Crippen molar-refractivity contribution in [3.63, 3.8) is 0 Å². The molecule has 8 heteroatoms. The molecule has 0 bridgehead atoms. The topological polar surface area (TPSA) is 95.7 Å². The van der Waals surface area contributed by atoms with Gasteiger partial charge in [-0.2, -0.15) is 0 Å². The van der Waals surface area contributed by atoms with Crippen LogP contribution in [-0.4, -0.2) is 45.8 Å². The number of nitrogens with one attached hydrogen (secondary N) is 1. The number of sulfonamides is 1. The van der Waals surface area contributed by atoms with Crippen molar-refractivity contribution in [1.82, 2.24) is 5.32 Å². The molecule has 118 valence electrons. The van der Waals surface area contributed by atoms with E-state index < -0.39 is 15.8 Å². The lowest BCUT2D eigenvalue weighted by Crippen LogP contribution is -2.39. The van der Waals surface area contributed by atoms with Crippen LogP contribution in [-0.2, 0) is 10.0 Å². The van der Waals surface area contributed by atoms with E-state index in [1.165, 1.54) is 12.1 Å². The minimum atomic E-state index is -3.92. The molecule has 0 amide bonds. The maximum absolute atomic E-state index is 14.2. The highest BCUT2D eigenvalue weighted by molar-refractivity contribution is 7.89. The minimum Gasteiger partial charge on any atom is -0.395 e. The van der Waals surface area contributed by atoms with Crippen LogP contribution in [0.1, 0.15) is 12.8 Å². The second kappa shape index (κ2) is 6.69. The van der Waals surface area contributed by atoms with Crippen LogP contribution < -0.4 is 15.4 Å². The molecular formula is C13H20FN3O3S. The van der Waals surface area contributed by atoms with Crippen LogP contribution in [0.2, 0.25) is 0 Å². The molecule has 1 heterocycles. The number of nitrogens with two attached hydrogens (primary N) is 1. The summed E-state index contributed by atoms with van der Waals surface area (Å²) < 4.78 is 36.6. The van der Waals surface area contributed by atoms with Gasteiger partial charge in [0, 0.05) is 19.1 Å². The van der Waals surface area contributed by atoms with Crippen molar-refractivity contribution in [1.29, 1.82) is 0 Å². The number of hydrogen-bond acceptors (Lipinski definition) is 5. The van der Waals surface area contributed by atoms with Gasteiger partial charge in [-0.05, 0) is 37.6 Å². The molecule has 0 spiro atoms. The van der Waals surface area contributed by atoms with Crippen LogP contribution in [0.25, 0.3) is 0 Å². The van der Waals surface area contributed by atoms with Crippen LogP contribution in [0, 0.1) is 5.82 Å². The minimum absolute atomic E-state index is 0.108. The summed E-state index contributed by atoms with van der Waals surface area (Å²) >= 11 is 0. The first-order valence-electron chi connectivity index (χ1n) is 6.83. The predicted molar refractivity (Wildman–Crippen MR) is 78.1 cm³/mol. The Morgan fingerprint density at radius 2 is 2.24 bits per heavy atom. The van der Waals surface area contributed by atoms with E-state index in [1.807, 2.05) is 0 Å². The molecule has 1 fully saturated rings. The van der Waals surface area contributed by atoms with Gasteiger partial charge in [0.2, 0.25) is 10.0 Å². The second-order valence-corrected chi connectivity index (χ2v) is 6.68. The van der Waals surface area contributed by atoms with E-state index in [0.717, 1.165) is 25.5 Å². The number of rotatable bonds is 6. The van der Waals surface area contributed by atoms with Gasteiger partial charge in [0.05, 0.1) is 17.2 Å². The van der Waals surface area contributed by atoms with E-state index in [1.54, 1.807) is 4.90 Å². The smallest absolute Gasteiger partial charge is 0.238 e. The Morgan fingerprint density at radius 3 is 2.76 bits per heavy atom. The van der Waals surface area contributed by atoms with Crippen LogP contribution in [0.15, 0.2) is 23.1 Å². The number of halogens is 1. The van der Waals surface area contributed by atoms with Crippen molar-refractivity contribution in [3.05, 3.63) is 24.0 Å². The molecule has 1 aliphatic rings. The van der Waals surface area contributed by atoms with Gasteiger partial charge in [0.1, 0.15) is 5.82 Å². The number of anilines is 1. The van der Waals surface area contributed by atoms with Gasteiger partial charge in [-0.15, -0.1) is 0 Å². The molecule has 0 aromatic heterocycles. The Labute approximate surface area is 123 Å². The predicted octanol–water partition coefficient (Wildman–Crippen LogP) is 0.0238. The number of benzene rings is 1. The second-order valence-electron chi connectivity index (χ2n) is 5.12. The third-order valence-corrected chi connectivity index (χ3v) is 4.47. The number of hydrogen-bond donors (Lipinski definition) is 3. The van der Waals surface area contributed by atoms with Crippen molar-refractivity contribution in [2.24, 2.45) is 5.14 Å². The molecule has 1 saturated heterocycles. The summed E-state index contributed by atoms with van der Waals surface area (Å²) in [6.07, 6.45) is 2.07. The van der Waals surface area contributed by atoms with Crippen LogP contribution in [0.5, 0.6) is 0 Å². The van der Waals surface area contributed by atoms with E-state index in [9.17, 15) is 12.8 Å². The Morgan fingerprint density at radius 1 is 1.48 bits per heavy atom. The molecule has 1 aromatic carbocycles. The lowest BCUT2D eigenvalue weighted by molar-refractivity contribution is 0.300. The van der Waals surface area contributed by atoms with Crippen LogP contribution >= 0.6 is 0 Å². The molecule has 1 aromatic rings. The summed E-state index contributed by atoms with van der Waals surface area (Å²) in [5.74, 6) is -0.659. The number of aliphatic hydroxyl groups is 1. The van der Waals surface area contributed by atoms with Crippen molar-refractivity contribution in [2.75, 3.05) is 31.1 Å². The third kappa shape index (κ3) is 4.13. The Kier molecular flexibility index (Phi) is 5.15. The average molecular weight is 317 g/mol. The standard InChI is InChI=1S/C13H20FN3O3S/c14-12-8-11(21(15,19)20)3-4-13(12)17(6-7-18)9-10-2-1-5-16-10/h3-4,8,10,16,18H,1-2,5-7,9H2,(H2,15,19,20). The molecule has 2 rings (SSSR count). The molecule has 21 heavy (non-hydrogen) atoms. The molecule has 4 N–H and O–H groups in total. The monoisotopic (exact) mass is 317 g/mol. The van der Waals surface area contributed by atoms with Gasteiger partial charge in [0.25, 0.3) is 0 Å². The summed E-state index contributed by atoms with van der Waals surface area (Å²) in [7, 11) is -3.92. The number of nitrogens with zero attached hydrogens (tertiary/aromatic N) is 1. The van der Waals surface area contributed by atoms with Crippen LogP contribution in [0.3, 0.4) is 0 Å². The lowest BCUT2D eigenvalue weighted by atomic mass is 10.2. The normalized spacial score (nSPS) is 18.9. The SMILES string of the molecule is NS(=O)(=O)c1ccc(N(CCO)CC2CCCN2)c(F)c1. The van der Waals surface area contributed by atoms with Gasteiger partial charge in [-0.1, -0.05) is 0 Å². The highest BCUT2D eigenvalue weighted by Gasteiger charge is 2.21. The first-order chi connectivity index (χ1) is 9.91. The van der Waals surface area contributed by atoms with Crippen molar-refractivity contribution in [3.8, 4) is 0 Å². The lowest BCUT2D eigenvalue weighted by Gasteiger charge is -2.27. The summed E-state index contributed by atoms with van der Waals surface area (Å²) in [5, 5.41) is 17.4. The van der Waals surface area contributed by atoms with E-state index in [4.69, 9.17) is 10.2 Å². The quantitative estimate of drug-likeness (QED) is 0.688. The fourth-order valence-electron chi connectivity index (χ4n) is 2.53. The number of primary sulfonamides is 1. The maximum atomic E-state index is 14.2. The van der Waals surface area contributed by atoms with Gasteiger partial charge >= 0.3 is 0 Å². The highest BCUT2D eigenvalue weighted by atomic mass is 32.2. The van der Waals surface area contributed by atoms with Crippen LogP contribution in [0.4, 0.5) is 10.1 Å². The summed E-state index contributed by atoms with van der Waals surface area (Å²) in [6.45, 7) is 1.67.